The molecule has 0 saturated carbocycles. The van der Waals surface area contributed by atoms with Crippen LogP contribution in [0.5, 0.6) is 0 Å². The van der Waals surface area contributed by atoms with E-state index in [2.05, 4.69) is 22.9 Å². The van der Waals surface area contributed by atoms with Crippen LogP contribution in [0, 0.1) is 11.7 Å². The van der Waals surface area contributed by atoms with E-state index in [1.54, 1.807) is 6.92 Å². The van der Waals surface area contributed by atoms with Crippen molar-refractivity contribution in [3.05, 3.63) is 52.1 Å². The van der Waals surface area contributed by atoms with Crippen molar-refractivity contribution in [1.82, 2.24) is 9.78 Å². The molecule has 1 aromatic heterocycles. The molecule has 0 spiro atoms. The Morgan fingerprint density at radius 1 is 1.35 bits per heavy atom. The molecule has 3 rings (SSSR count). The normalized spacial score (nSPS) is 20.2. The van der Waals surface area contributed by atoms with E-state index in [-0.39, 0.29) is 34.2 Å². The highest BCUT2D eigenvalue weighted by molar-refractivity contribution is 7.80. The number of benzene rings is 1. The van der Waals surface area contributed by atoms with Crippen molar-refractivity contribution >= 4 is 29.9 Å². The number of hydrogen-bond acceptors (Lipinski definition) is 4. The van der Waals surface area contributed by atoms with Crippen LogP contribution in [0.2, 0.25) is 5.02 Å². The maximum Gasteiger partial charge on any atom is 0.433 e. The first-order valence-electron chi connectivity index (χ1n) is 7.67. The van der Waals surface area contributed by atoms with E-state index < -0.39 is 29.7 Å². The van der Waals surface area contributed by atoms with Gasteiger partial charge in [-0.2, -0.15) is 30.9 Å². The van der Waals surface area contributed by atoms with Gasteiger partial charge in [0.25, 0.3) is 0 Å². The summed E-state index contributed by atoms with van der Waals surface area (Å²) in [6.07, 6.45) is -4.57. The largest absolute Gasteiger partial charge is 0.433 e. The highest BCUT2D eigenvalue weighted by atomic mass is 35.5. The van der Waals surface area contributed by atoms with Crippen LogP contribution in [0.25, 0.3) is 0 Å². The fraction of sp³-hybridized carbons (Fsp3) is 0.375. The van der Waals surface area contributed by atoms with Gasteiger partial charge in [0.2, 0.25) is 0 Å². The number of rotatable bonds is 4. The summed E-state index contributed by atoms with van der Waals surface area (Å²) < 4.78 is 55.6. The standard InChI is InChI=1S/C16H14ClF4N3OS/c1-8-13(12-10(17)3-2-4-11(12)18)23-25-14(8)9-7-22-24(5-6-26)15(9)16(19,20)21/h2-4,7-8,14,26H,5-6H2,1H3. The maximum absolute atomic E-state index is 14.2. The van der Waals surface area contributed by atoms with Crippen molar-refractivity contribution in [3.8, 4) is 0 Å². The Bertz CT molecular complexity index is 832. The molecule has 2 unspecified atom stereocenters. The molecule has 140 valence electrons. The van der Waals surface area contributed by atoms with Gasteiger partial charge in [0.1, 0.15) is 11.5 Å². The number of alkyl halides is 3. The fourth-order valence-electron chi connectivity index (χ4n) is 2.96. The first-order valence-corrected chi connectivity index (χ1v) is 8.68. The Kier molecular flexibility index (Phi) is 5.21. The summed E-state index contributed by atoms with van der Waals surface area (Å²) in [6, 6.07) is 4.12. The Morgan fingerprint density at radius 2 is 2.08 bits per heavy atom. The molecule has 0 amide bonds. The SMILES string of the molecule is CC1C(c2c(F)cccc2Cl)=NOC1c1cnn(CCS)c1C(F)(F)F. The lowest BCUT2D eigenvalue weighted by atomic mass is 9.90. The lowest BCUT2D eigenvalue weighted by Gasteiger charge is -2.18. The van der Waals surface area contributed by atoms with Gasteiger partial charge in [0.15, 0.2) is 6.10 Å². The summed E-state index contributed by atoms with van der Waals surface area (Å²) in [7, 11) is 0. The van der Waals surface area contributed by atoms with Crippen LogP contribution in [0.15, 0.2) is 29.6 Å². The first-order chi connectivity index (χ1) is 12.3. The second-order valence-electron chi connectivity index (χ2n) is 5.78. The van der Waals surface area contributed by atoms with Gasteiger partial charge in [-0.05, 0) is 12.1 Å². The second kappa shape index (κ2) is 7.11. The summed E-state index contributed by atoms with van der Waals surface area (Å²) in [6.45, 7) is 1.60. The molecule has 1 aliphatic heterocycles. The van der Waals surface area contributed by atoms with Crippen molar-refractivity contribution in [3.63, 3.8) is 0 Å². The average Bonchev–Trinajstić information content (AvgIpc) is 3.12. The van der Waals surface area contributed by atoms with E-state index in [1.807, 2.05) is 0 Å². The number of aromatic nitrogens is 2. The van der Waals surface area contributed by atoms with Crippen molar-refractivity contribution in [1.29, 1.82) is 0 Å². The lowest BCUT2D eigenvalue weighted by molar-refractivity contribution is -0.146. The van der Waals surface area contributed by atoms with Gasteiger partial charge in [-0.15, -0.1) is 0 Å². The molecule has 1 aliphatic rings. The number of thiol groups is 1. The molecule has 26 heavy (non-hydrogen) atoms. The van der Waals surface area contributed by atoms with Gasteiger partial charge in [-0.3, -0.25) is 4.68 Å². The molecule has 4 nitrogen and oxygen atoms in total. The highest BCUT2D eigenvalue weighted by Gasteiger charge is 2.44. The fourth-order valence-corrected chi connectivity index (χ4v) is 3.40. The smallest absolute Gasteiger partial charge is 0.387 e. The lowest BCUT2D eigenvalue weighted by Crippen LogP contribution is -2.21. The molecule has 2 atom stereocenters. The number of halogens is 5. The quantitative estimate of drug-likeness (QED) is 0.587. The predicted molar refractivity (Wildman–Crippen MR) is 92.0 cm³/mol. The highest BCUT2D eigenvalue weighted by Crippen LogP contribution is 2.42. The van der Waals surface area contributed by atoms with Gasteiger partial charge in [-0.25, -0.2) is 4.39 Å². The Balaban J connectivity index is 1.99. The van der Waals surface area contributed by atoms with Crippen LogP contribution < -0.4 is 0 Å². The molecular weight excluding hydrogens is 394 g/mol. The van der Waals surface area contributed by atoms with E-state index in [0.29, 0.717) is 0 Å². The Hall–Kier alpha value is -1.74. The zero-order valence-corrected chi connectivity index (χ0v) is 15.1. The van der Waals surface area contributed by atoms with Crippen LogP contribution in [0.1, 0.15) is 29.8 Å². The predicted octanol–water partition coefficient (Wildman–Crippen LogP) is 4.74. The van der Waals surface area contributed by atoms with Gasteiger partial charge >= 0.3 is 6.18 Å². The van der Waals surface area contributed by atoms with Crippen LogP contribution >= 0.6 is 24.2 Å². The third-order valence-electron chi connectivity index (χ3n) is 4.12. The van der Waals surface area contributed by atoms with Crippen LogP contribution in [-0.2, 0) is 17.6 Å². The third-order valence-corrected chi connectivity index (χ3v) is 4.64. The van der Waals surface area contributed by atoms with Crippen molar-refractivity contribution in [2.24, 2.45) is 11.1 Å². The zero-order valence-electron chi connectivity index (χ0n) is 13.5. The number of oxime groups is 1. The summed E-state index contributed by atoms with van der Waals surface area (Å²) in [5.74, 6) is -1.08. The minimum atomic E-state index is -4.63. The summed E-state index contributed by atoms with van der Waals surface area (Å²) in [4.78, 5) is 5.25. The second-order valence-corrected chi connectivity index (χ2v) is 6.64. The summed E-state index contributed by atoms with van der Waals surface area (Å²) >= 11 is 9.99. The van der Waals surface area contributed by atoms with Crippen molar-refractivity contribution in [2.45, 2.75) is 25.7 Å². The number of aryl methyl sites for hydroxylation is 1. The monoisotopic (exact) mass is 407 g/mol. The Morgan fingerprint density at radius 3 is 2.69 bits per heavy atom. The molecule has 2 heterocycles. The molecule has 0 N–H and O–H groups in total. The molecular formula is C16H14ClF4N3OS. The molecule has 0 radical (unpaired) electrons. The van der Waals surface area contributed by atoms with E-state index >= 15 is 0 Å². The van der Waals surface area contributed by atoms with Gasteiger partial charge in [0, 0.05) is 17.2 Å². The number of hydrogen-bond donors (Lipinski definition) is 1. The van der Waals surface area contributed by atoms with Gasteiger partial charge in [0.05, 0.1) is 29.0 Å². The number of nitrogens with zero attached hydrogens (tertiary/aromatic N) is 3. The van der Waals surface area contributed by atoms with E-state index in [4.69, 9.17) is 16.4 Å². The molecule has 1 aromatic carbocycles. The zero-order chi connectivity index (χ0) is 19.1. The van der Waals surface area contributed by atoms with Gasteiger partial charge in [-0.1, -0.05) is 29.7 Å². The van der Waals surface area contributed by atoms with Crippen LogP contribution in [-0.4, -0.2) is 21.2 Å². The van der Waals surface area contributed by atoms with E-state index in [0.717, 1.165) is 10.9 Å². The van der Waals surface area contributed by atoms with Crippen LogP contribution in [0.3, 0.4) is 0 Å². The maximum atomic E-state index is 14.2. The minimum absolute atomic E-state index is 0.00802. The molecule has 0 bridgehead atoms. The van der Waals surface area contributed by atoms with E-state index in [9.17, 15) is 17.6 Å². The molecule has 0 saturated heterocycles. The first kappa shape index (κ1) is 19.0. The molecule has 2 aromatic rings. The van der Waals surface area contributed by atoms with Gasteiger partial charge < -0.3 is 4.84 Å². The molecule has 0 fully saturated rings. The summed E-state index contributed by atoms with van der Waals surface area (Å²) in [5, 5.41) is 7.73. The van der Waals surface area contributed by atoms with Crippen molar-refractivity contribution in [2.75, 3.05) is 5.75 Å². The van der Waals surface area contributed by atoms with Crippen molar-refractivity contribution < 1.29 is 22.4 Å². The molecule has 10 heteroatoms. The third kappa shape index (κ3) is 3.29. The average molecular weight is 408 g/mol. The minimum Gasteiger partial charge on any atom is -0.387 e. The van der Waals surface area contributed by atoms with E-state index in [1.165, 1.54) is 18.2 Å². The summed E-state index contributed by atoms with van der Waals surface area (Å²) in [5.41, 5.74) is -0.883. The van der Waals surface area contributed by atoms with Crippen LogP contribution in [0.4, 0.5) is 17.6 Å². The molecule has 0 aliphatic carbocycles. The Labute approximate surface area is 157 Å². The topological polar surface area (TPSA) is 39.4 Å².